The summed E-state index contributed by atoms with van der Waals surface area (Å²) in [6.45, 7) is 3.54. The minimum Gasteiger partial charge on any atom is -0.342 e. The lowest BCUT2D eigenvalue weighted by Gasteiger charge is -2.48. The van der Waals surface area contributed by atoms with Crippen molar-refractivity contribution in [3.8, 4) is 0 Å². The van der Waals surface area contributed by atoms with Crippen LogP contribution in [0.15, 0.2) is 43.0 Å². The van der Waals surface area contributed by atoms with Crippen LogP contribution in [0.1, 0.15) is 37.7 Å². The third-order valence-corrected chi connectivity index (χ3v) is 6.00. The predicted molar refractivity (Wildman–Crippen MR) is 104 cm³/mol. The summed E-state index contributed by atoms with van der Waals surface area (Å²) in [6.07, 6.45) is 11.1. The Morgan fingerprint density at radius 1 is 1.14 bits per heavy atom. The van der Waals surface area contributed by atoms with Crippen molar-refractivity contribution in [2.75, 3.05) is 19.6 Å². The van der Waals surface area contributed by atoms with Gasteiger partial charge in [-0.05, 0) is 43.0 Å². The fourth-order valence-corrected chi connectivity index (χ4v) is 4.51. The summed E-state index contributed by atoms with van der Waals surface area (Å²) in [5, 5.41) is 4.17. The number of nitrogens with zero attached hydrogens (tertiary/aromatic N) is 5. The fraction of sp³-hybridized carbons (Fsp3) is 0.524. The van der Waals surface area contributed by atoms with Crippen LogP contribution in [0.2, 0.25) is 0 Å². The van der Waals surface area contributed by atoms with E-state index in [0.29, 0.717) is 25.9 Å². The van der Waals surface area contributed by atoms with Gasteiger partial charge in [-0.25, -0.2) is 0 Å². The van der Waals surface area contributed by atoms with Gasteiger partial charge >= 0.3 is 0 Å². The van der Waals surface area contributed by atoms with Gasteiger partial charge in [0, 0.05) is 75.8 Å². The van der Waals surface area contributed by atoms with Crippen molar-refractivity contribution >= 4 is 11.8 Å². The molecule has 0 saturated carbocycles. The molecule has 2 saturated heterocycles. The monoisotopic (exact) mass is 381 g/mol. The second-order valence-electron chi connectivity index (χ2n) is 8.04. The summed E-state index contributed by atoms with van der Waals surface area (Å²) in [7, 11) is 0. The van der Waals surface area contributed by atoms with E-state index in [1.165, 1.54) is 0 Å². The van der Waals surface area contributed by atoms with Gasteiger partial charge in [-0.3, -0.25) is 19.3 Å². The topological polar surface area (TPSA) is 71.3 Å². The van der Waals surface area contributed by atoms with E-state index in [1.807, 2.05) is 34.2 Å². The Morgan fingerprint density at radius 3 is 2.79 bits per heavy atom. The Hall–Kier alpha value is -2.70. The van der Waals surface area contributed by atoms with Gasteiger partial charge in [0.05, 0.1) is 0 Å². The van der Waals surface area contributed by atoms with E-state index in [9.17, 15) is 9.59 Å². The maximum absolute atomic E-state index is 12.8. The van der Waals surface area contributed by atoms with Crippen LogP contribution in [0, 0.1) is 5.41 Å². The SMILES string of the molecule is O=C(CCn1cccn1)N1CCC[C@@]2(CCC(=O)N(Cc3ccncc3)C2)C1. The van der Waals surface area contributed by atoms with Crippen LogP contribution in [0.5, 0.6) is 0 Å². The molecule has 2 aliphatic heterocycles. The van der Waals surface area contributed by atoms with Crippen molar-refractivity contribution in [3.05, 3.63) is 48.5 Å². The van der Waals surface area contributed by atoms with Gasteiger partial charge in [0.1, 0.15) is 0 Å². The van der Waals surface area contributed by atoms with Crippen LogP contribution in [0.3, 0.4) is 0 Å². The molecule has 4 rings (SSSR count). The second kappa shape index (κ2) is 8.12. The quantitative estimate of drug-likeness (QED) is 0.795. The highest BCUT2D eigenvalue weighted by Crippen LogP contribution is 2.39. The highest BCUT2D eigenvalue weighted by atomic mass is 16.2. The minimum atomic E-state index is 0.0283. The molecule has 1 spiro atoms. The molecule has 0 radical (unpaired) electrons. The molecule has 2 aliphatic rings. The number of likely N-dealkylation sites (tertiary alicyclic amines) is 2. The molecule has 0 aliphatic carbocycles. The summed E-state index contributed by atoms with van der Waals surface area (Å²) in [6, 6.07) is 5.79. The zero-order chi connectivity index (χ0) is 19.4. The fourth-order valence-electron chi connectivity index (χ4n) is 4.51. The second-order valence-corrected chi connectivity index (χ2v) is 8.04. The van der Waals surface area contributed by atoms with Gasteiger partial charge in [-0.15, -0.1) is 0 Å². The molecule has 7 nitrogen and oxygen atoms in total. The summed E-state index contributed by atoms with van der Waals surface area (Å²) >= 11 is 0. The van der Waals surface area contributed by atoms with E-state index in [4.69, 9.17) is 0 Å². The number of hydrogen-bond acceptors (Lipinski definition) is 4. The Morgan fingerprint density at radius 2 is 2.00 bits per heavy atom. The molecule has 2 fully saturated rings. The highest BCUT2D eigenvalue weighted by Gasteiger charge is 2.42. The number of aromatic nitrogens is 3. The molecule has 4 heterocycles. The third-order valence-electron chi connectivity index (χ3n) is 6.00. The average molecular weight is 381 g/mol. The first-order chi connectivity index (χ1) is 13.6. The molecule has 2 amide bonds. The largest absolute Gasteiger partial charge is 0.342 e. The minimum absolute atomic E-state index is 0.0283. The van der Waals surface area contributed by atoms with Crippen molar-refractivity contribution in [2.45, 2.75) is 45.2 Å². The summed E-state index contributed by atoms with van der Waals surface area (Å²) in [5.41, 5.74) is 1.13. The van der Waals surface area contributed by atoms with Crippen molar-refractivity contribution in [2.24, 2.45) is 5.41 Å². The first-order valence-corrected chi connectivity index (χ1v) is 10.1. The molecule has 1 atom stereocenters. The number of carbonyl (C=O) groups is 2. The Labute approximate surface area is 165 Å². The van der Waals surface area contributed by atoms with E-state index in [-0.39, 0.29) is 17.2 Å². The smallest absolute Gasteiger partial charge is 0.224 e. The van der Waals surface area contributed by atoms with Crippen LogP contribution in [0.25, 0.3) is 0 Å². The lowest BCUT2D eigenvalue weighted by atomic mass is 9.73. The lowest BCUT2D eigenvalue weighted by Crippen LogP contribution is -2.54. The van der Waals surface area contributed by atoms with Crippen molar-refractivity contribution in [1.29, 1.82) is 0 Å². The van der Waals surface area contributed by atoms with Crippen LogP contribution < -0.4 is 0 Å². The number of pyridine rings is 1. The van der Waals surface area contributed by atoms with Crippen LogP contribution >= 0.6 is 0 Å². The molecular formula is C21H27N5O2. The number of piperidine rings is 2. The van der Waals surface area contributed by atoms with Crippen LogP contribution in [-0.2, 0) is 22.7 Å². The number of aryl methyl sites for hydroxylation is 1. The van der Waals surface area contributed by atoms with E-state index in [0.717, 1.165) is 44.5 Å². The van der Waals surface area contributed by atoms with Crippen molar-refractivity contribution in [1.82, 2.24) is 24.6 Å². The van der Waals surface area contributed by atoms with Crippen molar-refractivity contribution < 1.29 is 9.59 Å². The lowest BCUT2D eigenvalue weighted by molar-refractivity contribution is -0.143. The van der Waals surface area contributed by atoms with Gasteiger partial charge in [0.2, 0.25) is 11.8 Å². The van der Waals surface area contributed by atoms with Gasteiger partial charge in [-0.1, -0.05) is 0 Å². The van der Waals surface area contributed by atoms with Gasteiger partial charge < -0.3 is 9.80 Å². The highest BCUT2D eigenvalue weighted by molar-refractivity contribution is 5.78. The molecule has 2 aromatic rings. The molecule has 7 heteroatoms. The standard InChI is InChI=1S/C21H27N5O2/c27-19-3-8-21(17-25(19)15-18-4-10-22-11-5-18)7-1-12-24(16-21)20(28)6-14-26-13-2-9-23-26/h2,4-5,9-11,13H,1,3,6-8,12,14-17H2/t21-/m1/s1. The molecule has 0 N–H and O–H groups in total. The summed E-state index contributed by atoms with van der Waals surface area (Å²) in [5.74, 6) is 0.400. The Kier molecular flexibility index (Phi) is 5.41. The van der Waals surface area contributed by atoms with Crippen molar-refractivity contribution in [3.63, 3.8) is 0 Å². The number of carbonyl (C=O) groups excluding carboxylic acids is 2. The molecular weight excluding hydrogens is 354 g/mol. The first-order valence-electron chi connectivity index (χ1n) is 10.1. The number of rotatable bonds is 5. The maximum atomic E-state index is 12.8. The van der Waals surface area contributed by atoms with Crippen LogP contribution in [-0.4, -0.2) is 56.0 Å². The average Bonchev–Trinajstić information content (AvgIpc) is 3.24. The van der Waals surface area contributed by atoms with Crippen LogP contribution in [0.4, 0.5) is 0 Å². The predicted octanol–water partition coefficient (Wildman–Crippen LogP) is 2.10. The van der Waals surface area contributed by atoms with Gasteiger partial charge in [-0.2, -0.15) is 5.10 Å². The summed E-state index contributed by atoms with van der Waals surface area (Å²) < 4.78 is 1.80. The van der Waals surface area contributed by atoms with E-state index >= 15 is 0 Å². The third kappa shape index (κ3) is 4.24. The Bertz CT molecular complexity index is 807. The Balaban J connectivity index is 1.39. The van der Waals surface area contributed by atoms with E-state index < -0.39 is 0 Å². The molecule has 0 unspecified atom stereocenters. The number of amides is 2. The first kappa shape index (κ1) is 18.7. The summed E-state index contributed by atoms with van der Waals surface area (Å²) in [4.78, 5) is 33.3. The molecule has 2 aromatic heterocycles. The normalized spacial score (nSPS) is 22.6. The maximum Gasteiger partial charge on any atom is 0.224 e. The zero-order valence-corrected chi connectivity index (χ0v) is 16.2. The van der Waals surface area contributed by atoms with E-state index in [1.54, 1.807) is 23.3 Å². The molecule has 0 aromatic carbocycles. The molecule has 0 bridgehead atoms. The molecule has 28 heavy (non-hydrogen) atoms. The van der Waals surface area contributed by atoms with E-state index in [2.05, 4.69) is 10.1 Å². The van der Waals surface area contributed by atoms with Gasteiger partial charge in [0.15, 0.2) is 0 Å². The molecule has 148 valence electrons. The van der Waals surface area contributed by atoms with Gasteiger partial charge in [0.25, 0.3) is 0 Å². The number of hydrogen-bond donors (Lipinski definition) is 0. The zero-order valence-electron chi connectivity index (χ0n) is 16.2.